The van der Waals surface area contributed by atoms with E-state index in [1.807, 2.05) is 0 Å². The number of carbonyl (C=O) groups excluding carboxylic acids is 1. The molecule has 1 amide bonds. The molecule has 0 aromatic heterocycles. The predicted molar refractivity (Wildman–Crippen MR) is 41.9 cm³/mol. The fraction of sp³-hybridized carbons (Fsp3) is 0.600. The third-order valence-corrected chi connectivity index (χ3v) is 1.18. The molecule has 1 unspecified atom stereocenters. The van der Waals surface area contributed by atoms with Crippen LogP contribution in [0.15, 0.2) is 0 Å². The van der Waals surface area contributed by atoms with E-state index in [0.717, 1.165) is 0 Å². The van der Waals surface area contributed by atoms with Gasteiger partial charge in [0.1, 0.15) is 4.84 Å². The molecule has 3 N–H and O–H groups in total. The van der Waals surface area contributed by atoms with Gasteiger partial charge in [0.15, 0.2) is 0 Å². The Balaban J connectivity index is 3.77. The van der Waals surface area contributed by atoms with Crippen LogP contribution in [0.2, 0.25) is 0 Å². The molecule has 0 saturated carbocycles. The smallest absolute Gasteiger partial charge is 0.353 e. The van der Waals surface area contributed by atoms with Crippen LogP contribution in [0.4, 0.5) is 0 Å². The average Bonchev–Trinajstić information content (AvgIpc) is 1.84. The van der Waals surface area contributed by atoms with Crippen LogP contribution in [0.3, 0.4) is 0 Å². The van der Waals surface area contributed by atoms with E-state index in [2.05, 4.69) is 0 Å². The quantitative estimate of drug-likeness (QED) is 0.444. The van der Waals surface area contributed by atoms with Crippen molar-refractivity contribution in [1.29, 1.82) is 0 Å². The molecule has 70 valence electrons. The van der Waals surface area contributed by atoms with Gasteiger partial charge in [-0.25, -0.2) is 4.79 Å². The van der Waals surface area contributed by atoms with Crippen LogP contribution in [-0.2, 0) is 9.59 Å². The van der Waals surface area contributed by atoms with Crippen molar-refractivity contribution in [2.75, 3.05) is 0 Å². The summed E-state index contributed by atoms with van der Waals surface area (Å²) in [6.07, 6.45) is -2.17. The van der Waals surface area contributed by atoms with Crippen LogP contribution in [0.1, 0.15) is 6.42 Å². The van der Waals surface area contributed by atoms with Gasteiger partial charge in [-0.05, 0) is 0 Å². The van der Waals surface area contributed by atoms with Crippen molar-refractivity contribution in [2.45, 2.75) is 17.5 Å². The van der Waals surface area contributed by atoms with E-state index in [1.54, 1.807) is 5.32 Å². The lowest BCUT2D eigenvalue weighted by Gasteiger charge is -2.07. The summed E-state index contributed by atoms with van der Waals surface area (Å²) in [5.41, 5.74) is 0. The number of hydrogen-bond donors (Lipinski definition) is 3. The Kier molecular flexibility index (Phi) is 4.96. The van der Waals surface area contributed by atoms with Crippen LogP contribution in [0, 0.1) is 0 Å². The van der Waals surface area contributed by atoms with Gasteiger partial charge in [0, 0.05) is 0 Å². The summed E-state index contributed by atoms with van der Waals surface area (Å²) in [7, 11) is 0. The summed E-state index contributed by atoms with van der Waals surface area (Å²) in [5.74, 6) is -2.26. The van der Waals surface area contributed by atoms with E-state index in [4.69, 9.17) is 33.4 Å². The number of amides is 1. The van der Waals surface area contributed by atoms with Crippen molar-refractivity contribution in [1.82, 2.24) is 5.32 Å². The third kappa shape index (κ3) is 5.17. The van der Waals surface area contributed by atoms with E-state index in [1.165, 1.54) is 0 Å². The molecule has 12 heavy (non-hydrogen) atoms. The number of carbonyl (C=O) groups is 2. The predicted octanol–water partition coefficient (Wildman–Crippen LogP) is -0.301. The largest absolute Gasteiger partial charge is 0.478 e. The molecule has 0 aromatic carbocycles. The van der Waals surface area contributed by atoms with Gasteiger partial charge in [-0.15, -0.1) is 23.2 Å². The fourth-order valence-electron chi connectivity index (χ4n) is 0.413. The molecule has 7 heteroatoms. The maximum atomic E-state index is 10.7. The lowest BCUT2D eigenvalue weighted by molar-refractivity contribution is -0.151. The molecule has 0 heterocycles. The Morgan fingerprint density at radius 1 is 1.42 bits per heavy atom. The minimum Gasteiger partial charge on any atom is -0.478 e. The summed E-state index contributed by atoms with van der Waals surface area (Å²) in [6.45, 7) is 0. The van der Waals surface area contributed by atoms with Crippen molar-refractivity contribution < 1.29 is 19.8 Å². The Morgan fingerprint density at radius 3 is 2.25 bits per heavy atom. The highest BCUT2D eigenvalue weighted by Crippen LogP contribution is 2.05. The second-order valence-corrected chi connectivity index (χ2v) is 3.18. The molecule has 0 aliphatic rings. The van der Waals surface area contributed by atoms with Gasteiger partial charge in [0.05, 0.1) is 6.42 Å². The molecule has 0 aliphatic heterocycles. The second-order valence-electron chi connectivity index (χ2n) is 1.90. The molecule has 0 aliphatic carbocycles. The van der Waals surface area contributed by atoms with Crippen LogP contribution in [0.25, 0.3) is 0 Å². The van der Waals surface area contributed by atoms with Gasteiger partial charge in [-0.1, -0.05) is 0 Å². The number of carboxylic acids is 1. The second kappa shape index (κ2) is 5.18. The molecule has 0 rings (SSSR count). The average molecular weight is 216 g/mol. The first-order chi connectivity index (χ1) is 5.43. The van der Waals surface area contributed by atoms with Gasteiger partial charge in [-0.2, -0.15) is 0 Å². The summed E-state index contributed by atoms with van der Waals surface area (Å²) < 4.78 is 0. The molecular weight excluding hydrogens is 209 g/mol. The van der Waals surface area contributed by atoms with Crippen molar-refractivity contribution in [3.8, 4) is 0 Å². The van der Waals surface area contributed by atoms with Crippen molar-refractivity contribution >= 4 is 35.1 Å². The van der Waals surface area contributed by atoms with Gasteiger partial charge >= 0.3 is 5.97 Å². The topological polar surface area (TPSA) is 86.6 Å². The number of alkyl halides is 2. The molecule has 1 atom stereocenters. The highest BCUT2D eigenvalue weighted by atomic mass is 35.5. The number of halogens is 2. The van der Waals surface area contributed by atoms with Crippen LogP contribution < -0.4 is 5.32 Å². The lowest BCUT2D eigenvalue weighted by atomic mass is 10.4. The first-order valence-electron chi connectivity index (χ1n) is 2.92. The number of aliphatic hydroxyl groups excluding tert-OH is 1. The highest BCUT2D eigenvalue weighted by Gasteiger charge is 2.17. The number of hydrogen-bond acceptors (Lipinski definition) is 3. The fourth-order valence-corrected chi connectivity index (χ4v) is 0.694. The zero-order chi connectivity index (χ0) is 9.72. The van der Waals surface area contributed by atoms with E-state index in [-0.39, 0.29) is 6.42 Å². The van der Waals surface area contributed by atoms with Gasteiger partial charge in [0.25, 0.3) is 0 Å². The summed E-state index contributed by atoms with van der Waals surface area (Å²) >= 11 is 10.4. The number of nitrogens with one attached hydrogen (secondary N) is 1. The SMILES string of the molecule is O=C(CC(Cl)Cl)NC(O)C(=O)O. The van der Waals surface area contributed by atoms with Crippen LogP contribution in [-0.4, -0.2) is 33.2 Å². The van der Waals surface area contributed by atoms with Crippen molar-refractivity contribution in [2.24, 2.45) is 0 Å². The van der Waals surface area contributed by atoms with Crippen molar-refractivity contribution in [3.63, 3.8) is 0 Å². The van der Waals surface area contributed by atoms with E-state index >= 15 is 0 Å². The van der Waals surface area contributed by atoms with Crippen LogP contribution >= 0.6 is 23.2 Å². The molecule has 5 nitrogen and oxygen atoms in total. The van der Waals surface area contributed by atoms with E-state index in [0.29, 0.717) is 0 Å². The Hall–Kier alpha value is -0.520. The maximum Gasteiger partial charge on any atom is 0.353 e. The standard InChI is InChI=1S/C5H7Cl2NO4/c6-2(7)1-3(9)8-4(10)5(11)12/h2,4,10H,1H2,(H,8,9)(H,11,12). The van der Waals surface area contributed by atoms with Gasteiger partial charge in [0.2, 0.25) is 12.1 Å². The lowest BCUT2D eigenvalue weighted by Crippen LogP contribution is -2.40. The molecule has 0 fully saturated rings. The molecule has 0 saturated heterocycles. The zero-order valence-corrected chi connectivity index (χ0v) is 7.34. The van der Waals surface area contributed by atoms with E-state index < -0.39 is 22.9 Å². The number of carboxylic acid groups (broad SMARTS) is 1. The number of aliphatic hydroxyl groups is 1. The molecule has 0 bridgehead atoms. The molecule has 0 spiro atoms. The summed E-state index contributed by atoms with van der Waals surface area (Å²) in [5, 5.41) is 18.5. The highest BCUT2D eigenvalue weighted by molar-refractivity contribution is 6.45. The van der Waals surface area contributed by atoms with Gasteiger partial charge < -0.3 is 15.5 Å². The maximum absolute atomic E-state index is 10.7. The normalized spacial score (nSPS) is 12.7. The Labute approximate surface area is 78.3 Å². The minimum atomic E-state index is -1.91. The Morgan fingerprint density at radius 2 is 1.92 bits per heavy atom. The number of aliphatic carboxylic acids is 1. The van der Waals surface area contributed by atoms with Crippen LogP contribution in [0.5, 0.6) is 0 Å². The Bertz CT molecular complexity index is 184. The molecule has 0 radical (unpaired) electrons. The summed E-state index contributed by atoms with van der Waals surface area (Å²) in [4.78, 5) is 19.7. The molecular formula is C5H7Cl2NO4. The van der Waals surface area contributed by atoms with Crippen molar-refractivity contribution in [3.05, 3.63) is 0 Å². The summed E-state index contributed by atoms with van der Waals surface area (Å²) in [6, 6.07) is 0. The zero-order valence-electron chi connectivity index (χ0n) is 5.83. The van der Waals surface area contributed by atoms with E-state index in [9.17, 15) is 9.59 Å². The monoisotopic (exact) mass is 215 g/mol. The minimum absolute atomic E-state index is 0.256. The molecule has 0 aromatic rings. The first-order valence-corrected chi connectivity index (χ1v) is 3.79. The first kappa shape index (κ1) is 11.5. The third-order valence-electron chi connectivity index (χ3n) is 0.871. The van der Waals surface area contributed by atoms with Gasteiger partial charge in [-0.3, -0.25) is 4.79 Å². The number of rotatable bonds is 4.